The fraction of sp³-hybridized carbons (Fsp3) is 0.240. The lowest BCUT2D eigenvalue weighted by Gasteiger charge is -2.22. The number of thiazole rings is 1. The molecule has 2 N–H and O–H groups in total. The maximum Gasteiger partial charge on any atom is 0.416 e. The van der Waals surface area contributed by atoms with Gasteiger partial charge < -0.3 is 20.1 Å². The van der Waals surface area contributed by atoms with E-state index in [2.05, 4.69) is 4.90 Å². The van der Waals surface area contributed by atoms with Gasteiger partial charge in [-0.25, -0.2) is 4.98 Å². The Balaban J connectivity index is 0.00000342. The van der Waals surface area contributed by atoms with Crippen molar-refractivity contribution in [3.05, 3.63) is 83.4 Å². The number of hydrogen-bond donors (Lipinski definition) is 1. The first-order valence-electron chi connectivity index (χ1n) is 10.6. The van der Waals surface area contributed by atoms with E-state index in [0.717, 1.165) is 33.0 Å². The molecule has 1 heterocycles. The van der Waals surface area contributed by atoms with E-state index in [1.54, 1.807) is 23.5 Å². The molecule has 0 amide bonds. The molecule has 0 aliphatic heterocycles. The Kier molecular flexibility index (Phi) is 8.82. The summed E-state index contributed by atoms with van der Waals surface area (Å²) in [5.41, 5.74) is 7.48. The number of fused-ring (bicyclic) bond motifs is 1. The second-order valence-corrected chi connectivity index (χ2v) is 8.66. The van der Waals surface area contributed by atoms with Crippen LogP contribution in [0.1, 0.15) is 16.7 Å². The molecule has 0 aliphatic carbocycles. The Morgan fingerprint density at radius 3 is 2.49 bits per heavy atom. The van der Waals surface area contributed by atoms with Crippen molar-refractivity contribution in [3.63, 3.8) is 0 Å². The number of rotatable bonds is 9. The second-order valence-electron chi connectivity index (χ2n) is 7.65. The van der Waals surface area contributed by atoms with Gasteiger partial charge >= 0.3 is 6.18 Å². The van der Waals surface area contributed by atoms with E-state index < -0.39 is 11.7 Å². The van der Waals surface area contributed by atoms with Crippen LogP contribution in [0.5, 0.6) is 11.5 Å². The highest BCUT2D eigenvalue weighted by Crippen LogP contribution is 2.33. The number of nitrogens with two attached hydrogens (primary N) is 1. The van der Waals surface area contributed by atoms with Crippen LogP contribution in [0.15, 0.2) is 66.7 Å². The van der Waals surface area contributed by atoms with Crippen molar-refractivity contribution >= 4 is 39.1 Å². The van der Waals surface area contributed by atoms with Crippen molar-refractivity contribution in [3.8, 4) is 11.5 Å². The average molecular weight is 524 g/mol. The molecule has 4 aromatic rings. The van der Waals surface area contributed by atoms with Crippen LogP contribution in [0.4, 0.5) is 18.3 Å². The van der Waals surface area contributed by atoms with Gasteiger partial charge in [0, 0.05) is 19.6 Å². The van der Waals surface area contributed by atoms with E-state index in [0.29, 0.717) is 36.7 Å². The first-order chi connectivity index (χ1) is 16.4. The van der Waals surface area contributed by atoms with Gasteiger partial charge in [-0.1, -0.05) is 41.7 Å². The molecule has 4 rings (SSSR count). The molecular formula is C25H25ClF3N3O2S. The maximum atomic E-state index is 13.0. The summed E-state index contributed by atoms with van der Waals surface area (Å²) >= 11 is 1.61. The van der Waals surface area contributed by atoms with Crippen molar-refractivity contribution in [2.24, 2.45) is 5.73 Å². The van der Waals surface area contributed by atoms with Crippen LogP contribution in [-0.4, -0.2) is 25.2 Å². The van der Waals surface area contributed by atoms with Crippen LogP contribution in [0, 0.1) is 0 Å². The predicted octanol–water partition coefficient (Wildman–Crippen LogP) is 6.29. The quantitative estimate of drug-likeness (QED) is 0.279. The summed E-state index contributed by atoms with van der Waals surface area (Å²) in [6.07, 6.45) is -4.39. The number of halogens is 4. The largest absolute Gasteiger partial charge is 0.493 e. The number of benzene rings is 3. The zero-order chi connectivity index (χ0) is 24.1. The minimum Gasteiger partial charge on any atom is -0.493 e. The van der Waals surface area contributed by atoms with E-state index in [4.69, 9.17) is 20.2 Å². The van der Waals surface area contributed by atoms with Crippen LogP contribution in [-0.2, 0) is 19.3 Å². The standard InChI is InChI=1S/C25H24F3N3O2S.ClH/c1-32-22-14-17(15-31(12-11-29)24-30-20-7-2-3-8-23(20)34-24)9-10-21(22)33-16-18-5-4-6-19(13-18)25(26,27)28;/h2-10,13-14H,11-12,15-16,29H2,1H3;1H. The first kappa shape index (κ1) is 26.6. The summed E-state index contributed by atoms with van der Waals surface area (Å²) < 4.78 is 51.3. The monoisotopic (exact) mass is 523 g/mol. The lowest BCUT2D eigenvalue weighted by Crippen LogP contribution is -2.28. The zero-order valence-corrected chi connectivity index (χ0v) is 20.6. The van der Waals surface area contributed by atoms with Crippen molar-refractivity contribution in [1.29, 1.82) is 0 Å². The summed E-state index contributed by atoms with van der Waals surface area (Å²) in [5.74, 6) is 0.954. The van der Waals surface area contributed by atoms with Gasteiger partial charge in [-0.05, 0) is 47.5 Å². The van der Waals surface area contributed by atoms with Crippen molar-refractivity contribution in [2.75, 3.05) is 25.1 Å². The van der Waals surface area contributed by atoms with E-state index >= 15 is 0 Å². The number of aromatic nitrogens is 1. The molecule has 10 heteroatoms. The number of para-hydroxylation sites is 1. The SMILES string of the molecule is COc1cc(CN(CCN)c2nc3ccccc3s2)ccc1OCc1cccc(C(F)(F)F)c1.Cl. The number of anilines is 1. The third kappa shape index (κ3) is 6.56. The van der Waals surface area contributed by atoms with Gasteiger partial charge in [0.25, 0.3) is 0 Å². The molecule has 0 unspecified atom stereocenters. The Morgan fingerprint density at radius 1 is 0.971 bits per heavy atom. The summed E-state index contributed by atoms with van der Waals surface area (Å²) in [7, 11) is 1.53. The van der Waals surface area contributed by atoms with Crippen molar-refractivity contribution < 1.29 is 22.6 Å². The van der Waals surface area contributed by atoms with Gasteiger partial charge in [0.05, 0.1) is 22.9 Å². The van der Waals surface area contributed by atoms with E-state index in [-0.39, 0.29) is 19.0 Å². The Bertz CT molecular complexity index is 1230. The summed E-state index contributed by atoms with van der Waals surface area (Å²) in [6.45, 7) is 1.67. The summed E-state index contributed by atoms with van der Waals surface area (Å²) in [5, 5.41) is 0.885. The highest BCUT2D eigenvalue weighted by atomic mass is 35.5. The highest BCUT2D eigenvalue weighted by Gasteiger charge is 2.30. The lowest BCUT2D eigenvalue weighted by molar-refractivity contribution is -0.137. The van der Waals surface area contributed by atoms with Gasteiger partial charge in [0.1, 0.15) is 6.61 Å². The zero-order valence-electron chi connectivity index (χ0n) is 18.9. The minimum atomic E-state index is -4.39. The average Bonchev–Trinajstić information content (AvgIpc) is 3.27. The van der Waals surface area contributed by atoms with Gasteiger partial charge in [-0.2, -0.15) is 13.2 Å². The number of methoxy groups -OCH3 is 1. The van der Waals surface area contributed by atoms with E-state index in [1.807, 2.05) is 36.4 Å². The normalized spacial score (nSPS) is 11.2. The molecule has 0 aliphatic rings. The molecule has 0 radical (unpaired) electrons. The molecule has 35 heavy (non-hydrogen) atoms. The molecular weight excluding hydrogens is 499 g/mol. The molecule has 5 nitrogen and oxygen atoms in total. The highest BCUT2D eigenvalue weighted by molar-refractivity contribution is 7.22. The molecule has 0 fully saturated rings. The van der Waals surface area contributed by atoms with Crippen LogP contribution < -0.4 is 20.1 Å². The number of nitrogens with zero attached hydrogens (tertiary/aromatic N) is 2. The Labute approximate surface area is 211 Å². The lowest BCUT2D eigenvalue weighted by atomic mass is 10.1. The Hall–Kier alpha value is -3.01. The number of alkyl halides is 3. The second kappa shape index (κ2) is 11.6. The summed E-state index contributed by atoms with van der Waals surface area (Å²) in [4.78, 5) is 6.84. The molecule has 186 valence electrons. The van der Waals surface area contributed by atoms with Crippen LogP contribution in [0.2, 0.25) is 0 Å². The third-order valence-corrected chi connectivity index (χ3v) is 6.30. The van der Waals surface area contributed by atoms with Crippen LogP contribution >= 0.6 is 23.7 Å². The Morgan fingerprint density at radius 2 is 1.77 bits per heavy atom. The first-order valence-corrected chi connectivity index (χ1v) is 11.5. The van der Waals surface area contributed by atoms with E-state index in [1.165, 1.54) is 13.2 Å². The predicted molar refractivity (Wildman–Crippen MR) is 136 cm³/mol. The molecule has 3 aromatic carbocycles. The number of ether oxygens (including phenoxy) is 2. The topological polar surface area (TPSA) is 60.6 Å². The fourth-order valence-corrected chi connectivity index (χ4v) is 4.53. The fourth-order valence-electron chi connectivity index (χ4n) is 3.54. The van der Waals surface area contributed by atoms with Crippen LogP contribution in [0.25, 0.3) is 10.2 Å². The molecule has 1 aromatic heterocycles. The minimum absolute atomic E-state index is 0. The smallest absolute Gasteiger partial charge is 0.416 e. The molecule has 0 saturated heterocycles. The molecule has 0 atom stereocenters. The molecule has 0 saturated carbocycles. The van der Waals surface area contributed by atoms with Crippen molar-refractivity contribution in [1.82, 2.24) is 4.98 Å². The van der Waals surface area contributed by atoms with Gasteiger partial charge in [0.2, 0.25) is 0 Å². The van der Waals surface area contributed by atoms with Gasteiger partial charge in [-0.3, -0.25) is 0 Å². The van der Waals surface area contributed by atoms with Crippen LogP contribution in [0.3, 0.4) is 0 Å². The molecule has 0 spiro atoms. The third-order valence-electron chi connectivity index (χ3n) is 5.20. The van der Waals surface area contributed by atoms with Gasteiger partial charge in [0.15, 0.2) is 16.6 Å². The van der Waals surface area contributed by atoms with Crippen molar-refractivity contribution in [2.45, 2.75) is 19.3 Å². The molecule has 0 bridgehead atoms. The van der Waals surface area contributed by atoms with E-state index in [9.17, 15) is 13.2 Å². The van der Waals surface area contributed by atoms with Gasteiger partial charge in [-0.15, -0.1) is 12.4 Å². The number of hydrogen-bond acceptors (Lipinski definition) is 6. The maximum absolute atomic E-state index is 13.0. The summed E-state index contributed by atoms with van der Waals surface area (Å²) in [6, 6.07) is 18.6.